The number of carbonyl (C=O) groups excluding carboxylic acids is 1. The monoisotopic (exact) mass is 88.0 g/mol. The summed E-state index contributed by atoms with van der Waals surface area (Å²) >= 11 is 0. The molecule has 36 valence electrons. The van der Waals surface area contributed by atoms with Crippen LogP contribution in [0, 0.1) is 0 Å². The standard InChI is InChI=1S/C3H5O3/c1-2(4)3(5)6/h2H,1H3,(H,5,6)/q-1/p-1. The van der Waals surface area contributed by atoms with Gasteiger partial charge in [-0.2, -0.15) is 0 Å². The molecule has 0 amide bonds. The van der Waals surface area contributed by atoms with Gasteiger partial charge >= 0.3 is 0 Å². The fraction of sp³-hybridized carbons (Fsp3) is 0.667. The number of carboxylic acids is 1. The lowest BCUT2D eigenvalue weighted by Gasteiger charge is -2.15. The van der Waals surface area contributed by atoms with Crippen molar-refractivity contribution in [3.8, 4) is 0 Å². The number of aliphatic carboxylic acids is 1. The predicted molar refractivity (Wildman–Crippen MR) is 14.5 cm³/mol. The van der Waals surface area contributed by atoms with Crippen LogP contribution in [-0.2, 0) is 4.79 Å². The second-order valence-electron chi connectivity index (χ2n) is 0.961. The maximum absolute atomic E-state index is 9.56. The number of hydrogen-bond acceptors (Lipinski definition) is 3. The van der Waals surface area contributed by atoms with E-state index >= 15 is 0 Å². The molecule has 0 heterocycles. The van der Waals surface area contributed by atoms with Crippen molar-refractivity contribution in [2.75, 3.05) is 0 Å². The summed E-state index contributed by atoms with van der Waals surface area (Å²) in [6, 6.07) is 0. The van der Waals surface area contributed by atoms with Gasteiger partial charge in [0.15, 0.2) is 0 Å². The van der Waals surface area contributed by atoms with E-state index in [1.807, 2.05) is 0 Å². The van der Waals surface area contributed by atoms with Gasteiger partial charge in [0, 0.05) is 5.97 Å². The summed E-state index contributed by atoms with van der Waals surface area (Å²) in [5.41, 5.74) is 0. The molecule has 1 unspecified atom stereocenters. The van der Waals surface area contributed by atoms with Gasteiger partial charge in [0.2, 0.25) is 0 Å². The largest absolute Gasteiger partial charge is 0.848 e. The lowest BCUT2D eigenvalue weighted by molar-refractivity contribution is -0.432. The topological polar surface area (TPSA) is 63.2 Å². The van der Waals surface area contributed by atoms with E-state index in [-0.39, 0.29) is 0 Å². The Morgan fingerprint density at radius 3 is 2.00 bits per heavy atom. The zero-order valence-corrected chi connectivity index (χ0v) is 3.30. The van der Waals surface area contributed by atoms with Gasteiger partial charge in [-0.25, -0.2) is 0 Å². The molecule has 3 heteroatoms. The molecular weight excluding hydrogens is 84.0 g/mol. The SMILES string of the molecule is CC([O-])C(=O)[O-]. The number of rotatable bonds is 1. The van der Waals surface area contributed by atoms with Crippen LogP contribution >= 0.6 is 0 Å². The Bertz CT molecular complexity index is 57.1. The molecule has 0 aliphatic carbocycles. The molecule has 0 N–H and O–H groups in total. The Morgan fingerprint density at radius 1 is 1.83 bits per heavy atom. The van der Waals surface area contributed by atoms with Crippen LogP contribution in [0.5, 0.6) is 0 Å². The highest BCUT2D eigenvalue weighted by Gasteiger charge is 1.76. The van der Waals surface area contributed by atoms with Gasteiger partial charge in [0.05, 0.1) is 0 Å². The van der Waals surface area contributed by atoms with Gasteiger partial charge in [-0.05, 0) is 0 Å². The van der Waals surface area contributed by atoms with E-state index in [1.54, 1.807) is 0 Å². The molecule has 0 aromatic carbocycles. The smallest absolute Gasteiger partial charge is 0.0276 e. The van der Waals surface area contributed by atoms with Gasteiger partial charge < -0.3 is 15.0 Å². The summed E-state index contributed by atoms with van der Waals surface area (Å²) < 4.78 is 0. The highest BCUT2D eigenvalue weighted by Crippen LogP contribution is 1.62. The average Bonchev–Trinajstić information content (AvgIpc) is 1.36. The zero-order chi connectivity index (χ0) is 5.15. The quantitative estimate of drug-likeness (QED) is 0.355. The molecule has 6 heavy (non-hydrogen) atoms. The van der Waals surface area contributed by atoms with Crippen molar-refractivity contribution >= 4 is 5.97 Å². The third kappa shape index (κ3) is 1.72. The Labute approximate surface area is 35.2 Å². The molecule has 0 bridgehead atoms. The molecule has 0 aliphatic rings. The van der Waals surface area contributed by atoms with E-state index in [2.05, 4.69) is 0 Å². The minimum atomic E-state index is -1.59. The molecule has 0 fully saturated rings. The molecule has 0 radical (unpaired) electrons. The second kappa shape index (κ2) is 1.77. The summed E-state index contributed by atoms with van der Waals surface area (Å²) in [6.45, 7) is 1.02. The molecule has 0 spiro atoms. The molecule has 0 saturated heterocycles. The minimum absolute atomic E-state index is 1.02. The van der Waals surface area contributed by atoms with Crippen LogP contribution in [0.25, 0.3) is 0 Å². The van der Waals surface area contributed by atoms with E-state index in [0.717, 1.165) is 6.92 Å². The van der Waals surface area contributed by atoms with Crippen LogP contribution in [-0.4, -0.2) is 12.1 Å². The van der Waals surface area contributed by atoms with Crippen LogP contribution in [0.1, 0.15) is 6.92 Å². The molecule has 0 aromatic heterocycles. The second-order valence-corrected chi connectivity index (χ2v) is 0.961. The lowest BCUT2D eigenvalue weighted by atomic mass is 10.4. The molecule has 3 nitrogen and oxygen atoms in total. The molecule has 0 aromatic rings. The van der Waals surface area contributed by atoms with E-state index in [0.29, 0.717) is 0 Å². The Hall–Kier alpha value is -0.570. The van der Waals surface area contributed by atoms with E-state index < -0.39 is 12.1 Å². The van der Waals surface area contributed by atoms with Crippen LogP contribution in [0.3, 0.4) is 0 Å². The number of carboxylic acid groups (broad SMARTS) is 1. The van der Waals surface area contributed by atoms with Gasteiger partial charge in [0.1, 0.15) is 0 Å². The van der Waals surface area contributed by atoms with E-state index in [9.17, 15) is 15.0 Å². The summed E-state index contributed by atoms with van der Waals surface area (Å²) in [5.74, 6) is -1.55. The molecule has 0 aliphatic heterocycles. The number of carbonyl (C=O) groups is 1. The Kier molecular flexibility index (Phi) is 1.60. The highest BCUT2D eigenvalue weighted by atomic mass is 16.4. The Balaban J connectivity index is 3.26. The van der Waals surface area contributed by atoms with Crippen molar-refractivity contribution in [1.82, 2.24) is 0 Å². The first-order valence-electron chi connectivity index (χ1n) is 1.51. The van der Waals surface area contributed by atoms with Crippen LogP contribution in [0.4, 0.5) is 0 Å². The third-order valence-electron chi connectivity index (χ3n) is 0.332. The first-order chi connectivity index (χ1) is 2.64. The van der Waals surface area contributed by atoms with Gasteiger partial charge in [-0.1, -0.05) is 13.0 Å². The fourth-order valence-electron chi connectivity index (χ4n) is 0. The summed E-state index contributed by atoms with van der Waals surface area (Å²) in [4.78, 5) is 9.28. The summed E-state index contributed by atoms with van der Waals surface area (Å²) in [5, 5.41) is 18.8. The van der Waals surface area contributed by atoms with Crippen LogP contribution in [0.2, 0.25) is 0 Å². The first-order valence-corrected chi connectivity index (χ1v) is 1.51. The summed E-state index contributed by atoms with van der Waals surface area (Å²) in [7, 11) is 0. The van der Waals surface area contributed by atoms with Crippen molar-refractivity contribution in [1.29, 1.82) is 0 Å². The minimum Gasteiger partial charge on any atom is -0.848 e. The zero-order valence-electron chi connectivity index (χ0n) is 3.30. The lowest BCUT2D eigenvalue weighted by Crippen LogP contribution is -2.41. The summed E-state index contributed by atoms with van der Waals surface area (Å²) in [6.07, 6.45) is -1.59. The van der Waals surface area contributed by atoms with E-state index in [4.69, 9.17) is 0 Å². The van der Waals surface area contributed by atoms with Gasteiger partial charge in [-0.3, -0.25) is 0 Å². The predicted octanol–water partition coefficient (Wildman–Crippen LogP) is -2.51. The van der Waals surface area contributed by atoms with Gasteiger partial charge in [0.25, 0.3) is 0 Å². The molecule has 0 saturated carbocycles. The third-order valence-corrected chi connectivity index (χ3v) is 0.332. The van der Waals surface area contributed by atoms with Crippen molar-refractivity contribution in [3.05, 3.63) is 0 Å². The molecule has 1 atom stereocenters. The van der Waals surface area contributed by atoms with Crippen molar-refractivity contribution in [2.24, 2.45) is 0 Å². The highest BCUT2D eigenvalue weighted by molar-refractivity contribution is 5.68. The molecule has 0 rings (SSSR count). The average molecular weight is 88.1 g/mol. The van der Waals surface area contributed by atoms with Crippen LogP contribution in [0.15, 0.2) is 0 Å². The van der Waals surface area contributed by atoms with Crippen molar-refractivity contribution < 1.29 is 15.0 Å². The molecular formula is C3H4O3-2. The number of hydrogen-bond donors (Lipinski definition) is 0. The first kappa shape index (κ1) is 5.43. The maximum atomic E-state index is 9.56. The normalized spacial score (nSPS) is 13.7. The van der Waals surface area contributed by atoms with E-state index in [1.165, 1.54) is 0 Å². The van der Waals surface area contributed by atoms with Crippen molar-refractivity contribution in [2.45, 2.75) is 13.0 Å². The van der Waals surface area contributed by atoms with Gasteiger partial charge in [-0.15, -0.1) is 0 Å². The van der Waals surface area contributed by atoms with Crippen molar-refractivity contribution in [3.63, 3.8) is 0 Å². The fourth-order valence-corrected chi connectivity index (χ4v) is 0. The van der Waals surface area contributed by atoms with Crippen LogP contribution < -0.4 is 10.2 Å². The maximum Gasteiger partial charge on any atom is 0.0276 e. The Morgan fingerprint density at radius 2 is 2.00 bits per heavy atom.